The van der Waals surface area contributed by atoms with Crippen molar-refractivity contribution in [1.29, 1.82) is 5.26 Å². The summed E-state index contributed by atoms with van der Waals surface area (Å²) >= 11 is 0. The predicted molar refractivity (Wildman–Crippen MR) is 98.7 cm³/mol. The molecular weight excluding hydrogens is 328 g/mol. The second kappa shape index (κ2) is 9.67. The van der Waals surface area contributed by atoms with Crippen LogP contribution in [0.1, 0.15) is 37.7 Å². The Bertz CT molecular complexity index is 616. The molecule has 2 fully saturated rings. The van der Waals surface area contributed by atoms with Gasteiger partial charge in [-0.25, -0.2) is 5.48 Å². The van der Waals surface area contributed by atoms with E-state index in [0.717, 1.165) is 44.2 Å². The Labute approximate surface area is 155 Å². The molecule has 0 bridgehead atoms. The number of likely N-dealkylation sites (tertiary alicyclic amines) is 1. The molecule has 0 spiro atoms. The first-order chi connectivity index (χ1) is 12.8. The fourth-order valence-electron chi connectivity index (χ4n) is 3.86. The standard InChI is InChI=1S/C20H28N4O2/c21-12-19-7-4-10-24(19)20(25)14-22-18-9-8-17(11-18)13-23-26-15-16-5-2-1-3-6-16/h1-3,5-6,17-19,22-23H,4,7-11,13-15H2/t17-,18+,19-/m0/s1. The lowest BCUT2D eigenvalue weighted by Gasteiger charge is -2.21. The van der Waals surface area contributed by atoms with E-state index in [1.807, 2.05) is 30.3 Å². The van der Waals surface area contributed by atoms with Crippen LogP contribution < -0.4 is 10.8 Å². The van der Waals surface area contributed by atoms with E-state index < -0.39 is 0 Å². The summed E-state index contributed by atoms with van der Waals surface area (Å²) in [7, 11) is 0. The van der Waals surface area contributed by atoms with Crippen LogP contribution in [0.25, 0.3) is 0 Å². The third kappa shape index (κ3) is 5.28. The molecule has 6 nitrogen and oxygen atoms in total. The van der Waals surface area contributed by atoms with Crippen LogP contribution in [-0.4, -0.2) is 42.5 Å². The molecule has 1 aromatic rings. The van der Waals surface area contributed by atoms with Gasteiger partial charge < -0.3 is 10.2 Å². The summed E-state index contributed by atoms with van der Waals surface area (Å²) in [6, 6.07) is 12.5. The molecule has 0 radical (unpaired) electrons. The van der Waals surface area contributed by atoms with Crippen molar-refractivity contribution in [2.45, 2.75) is 50.8 Å². The fraction of sp³-hybridized carbons (Fsp3) is 0.600. The number of amides is 1. The van der Waals surface area contributed by atoms with Crippen molar-refractivity contribution >= 4 is 5.91 Å². The first-order valence-corrected chi connectivity index (χ1v) is 9.57. The number of nitrogens with zero attached hydrogens (tertiary/aromatic N) is 2. The number of nitriles is 1. The molecule has 1 aliphatic carbocycles. The zero-order chi connectivity index (χ0) is 18.2. The minimum absolute atomic E-state index is 0.0572. The monoisotopic (exact) mass is 356 g/mol. The highest BCUT2D eigenvalue weighted by Crippen LogP contribution is 2.25. The van der Waals surface area contributed by atoms with E-state index in [1.54, 1.807) is 4.90 Å². The van der Waals surface area contributed by atoms with Gasteiger partial charge in [0.05, 0.1) is 19.2 Å². The number of carbonyl (C=O) groups excluding carboxylic acids is 1. The maximum absolute atomic E-state index is 12.3. The van der Waals surface area contributed by atoms with Crippen molar-refractivity contribution in [3.63, 3.8) is 0 Å². The van der Waals surface area contributed by atoms with Gasteiger partial charge >= 0.3 is 0 Å². The first kappa shape index (κ1) is 18.8. The molecule has 26 heavy (non-hydrogen) atoms. The molecule has 1 aliphatic heterocycles. The highest BCUT2D eigenvalue weighted by Gasteiger charge is 2.30. The van der Waals surface area contributed by atoms with E-state index in [9.17, 15) is 4.79 Å². The van der Waals surface area contributed by atoms with Gasteiger partial charge in [0.2, 0.25) is 5.91 Å². The second-order valence-electron chi connectivity index (χ2n) is 7.25. The van der Waals surface area contributed by atoms with Gasteiger partial charge in [0.1, 0.15) is 6.04 Å². The first-order valence-electron chi connectivity index (χ1n) is 9.57. The average molecular weight is 356 g/mol. The van der Waals surface area contributed by atoms with Crippen LogP contribution in [0.3, 0.4) is 0 Å². The number of hydroxylamine groups is 1. The molecule has 0 aromatic heterocycles. The number of carbonyl (C=O) groups is 1. The van der Waals surface area contributed by atoms with Crippen molar-refractivity contribution in [3.8, 4) is 6.07 Å². The maximum atomic E-state index is 12.3. The Kier molecular flexibility index (Phi) is 7.01. The van der Waals surface area contributed by atoms with E-state index in [2.05, 4.69) is 16.9 Å². The van der Waals surface area contributed by atoms with E-state index in [0.29, 0.717) is 31.7 Å². The molecular formula is C20H28N4O2. The fourth-order valence-corrected chi connectivity index (χ4v) is 3.86. The number of nitrogens with one attached hydrogen (secondary N) is 2. The Hall–Kier alpha value is -1.94. The molecule has 3 atom stereocenters. The van der Waals surface area contributed by atoms with Crippen molar-refractivity contribution in [2.75, 3.05) is 19.6 Å². The number of benzene rings is 1. The third-order valence-electron chi connectivity index (χ3n) is 5.36. The van der Waals surface area contributed by atoms with Gasteiger partial charge in [-0.05, 0) is 43.6 Å². The van der Waals surface area contributed by atoms with Crippen molar-refractivity contribution < 1.29 is 9.63 Å². The summed E-state index contributed by atoms with van der Waals surface area (Å²) in [5.41, 5.74) is 4.24. The van der Waals surface area contributed by atoms with Gasteiger partial charge in [-0.1, -0.05) is 30.3 Å². The van der Waals surface area contributed by atoms with Crippen LogP contribution in [0.4, 0.5) is 0 Å². The number of rotatable bonds is 8. The Balaban J connectivity index is 1.29. The van der Waals surface area contributed by atoms with Gasteiger partial charge in [0.15, 0.2) is 0 Å². The Morgan fingerprint density at radius 2 is 2.12 bits per heavy atom. The molecule has 2 aliphatic rings. The molecule has 3 rings (SSSR count). The molecule has 1 saturated carbocycles. The van der Waals surface area contributed by atoms with Gasteiger partial charge in [-0.15, -0.1) is 0 Å². The molecule has 1 saturated heterocycles. The predicted octanol–water partition coefficient (Wildman–Crippen LogP) is 1.98. The molecule has 6 heteroatoms. The second-order valence-corrected chi connectivity index (χ2v) is 7.25. The van der Waals surface area contributed by atoms with Crippen molar-refractivity contribution in [3.05, 3.63) is 35.9 Å². The van der Waals surface area contributed by atoms with Crippen LogP contribution >= 0.6 is 0 Å². The Morgan fingerprint density at radius 3 is 2.92 bits per heavy atom. The van der Waals surface area contributed by atoms with E-state index in [-0.39, 0.29) is 11.9 Å². The van der Waals surface area contributed by atoms with E-state index in [1.165, 1.54) is 0 Å². The molecule has 2 N–H and O–H groups in total. The molecule has 0 unspecified atom stereocenters. The molecule has 1 heterocycles. The highest BCUT2D eigenvalue weighted by molar-refractivity contribution is 5.79. The minimum Gasteiger partial charge on any atom is -0.326 e. The lowest BCUT2D eigenvalue weighted by Crippen LogP contribution is -2.43. The molecule has 1 aromatic carbocycles. The summed E-state index contributed by atoms with van der Waals surface area (Å²) in [6.45, 7) is 2.46. The zero-order valence-corrected chi connectivity index (χ0v) is 15.2. The van der Waals surface area contributed by atoms with Crippen molar-refractivity contribution in [2.24, 2.45) is 5.92 Å². The van der Waals surface area contributed by atoms with Crippen LogP contribution in [0.5, 0.6) is 0 Å². The third-order valence-corrected chi connectivity index (χ3v) is 5.36. The molecule has 140 valence electrons. The summed E-state index contributed by atoms with van der Waals surface area (Å²) in [4.78, 5) is 19.5. The van der Waals surface area contributed by atoms with E-state index >= 15 is 0 Å². The maximum Gasteiger partial charge on any atom is 0.237 e. The summed E-state index contributed by atoms with van der Waals surface area (Å²) in [5.74, 6) is 0.624. The minimum atomic E-state index is -0.230. The Morgan fingerprint density at radius 1 is 1.27 bits per heavy atom. The largest absolute Gasteiger partial charge is 0.326 e. The quantitative estimate of drug-likeness (QED) is 0.550. The smallest absolute Gasteiger partial charge is 0.237 e. The lowest BCUT2D eigenvalue weighted by atomic mass is 10.1. The summed E-state index contributed by atoms with van der Waals surface area (Å²) in [6.07, 6.45) is 5.02. The highest BCUT2D eigenvalue weighted by atomic mass is 16.6. The zero-order valence-electron chi connectivity index (χ0n) is 15.2. The normalized spacial score (nSPS) is 25.3. The average Bonchev–Trinajstić information content (AvgIpc) is 3.33. The number of hydrogen-bond acceptors (Lipinski definition) is 5. The van der Waals surface area contributed by atoms with Crippen LogP contribution in [-0.2, 0) is 16.2 Å². The van der Waals surface area contributed by atoms with Crippen LogP contribution in [0, 0.1) is 17.2 Å². The SMILES string of the molecule is N#C[C@@H]1CCCN1C(=O)CN[C@@H]1CC[C@H](CNOCc2ccccc2)C1. The molecule has 1 amide bonds. The topological polar surface area (TPSA) is 77.4 Å². The van der Waals surface area contributed by atoms with Gasteiger partial charge in [0.25, 0.3) is 0 Å². The van der Waals surface area contributed by atoms with Gasteiger partial charge in [0, 0.05) is 19.1 Å². The summed E-state index contributed by atoms with van der Waals surface area (Å²) in [5, 5.41) is 12.5. The van der Waals surface area contributed by atoms with Gasteiger partial charge in [-0.3, -0.25) is 9.63 Å². The summed E-state index contributed by atoms with van der Waals surface area (Å²) < 4.78 is 0. The van der Waals surface area contributed by atoms with Gasteiger partial charge in [-0.2, -0.15) is 5.26 Å². The lowest BCUT2D eigenvalue weighted by molar-refractivity contribution is -0.130. The van der Waals surface area contributed by atoms with Crippen LogP contribution in [0.2, 0.25) is 0 Å². The number of hydrogen-bond donors (Lipinski definition) is 2. The van der Waals surface area contributed by atoms with E-state index in [4.69, 9.17) is 10.1 Å². The van der Waals surface area contributed by atoms with Crippen LogP contribution in [0.15, 0.2) is 30.3 Å². The van der Waals surface area contributed by atoms with Crippen molar-refractivity contribution in [1.82, 2.24) is 15.7 Å².